The molecule has 0 aliphatic rings. The maximum atomic E-state index is 12.9. The van der Waals surface area contributed by atoms with Gasteiger partial charge in [-0.15, -0.1) is 10.2 Å². The topological polar surface area (TPSA) is 107 Å². The summed E-state index contributed by atoms with van der Waals surface area (Å²) in [6, 6.07) is 27.9. The number of nitrogens with zero attached hydrogens (tertiary/aromatic N) is 4. The van der Waals surface area contributed by atoms with Crippen LogP contribution in [0.3, 0.4) is 0 Å². The molecule has 0 bridgehead atoms. The molecule has 184 valence electrons. The number of hydrogen-bond acceptors (Lipinski definition) is 7. The zero-order valence-electron chi connectivity index (χ0n) is 19.4. The van der Waals surface area contributed by atoms with Gasteiger partial charge in [-0.05, 0) is 60.7 Å². The smallest absolute Gasteiger partial charge is 0.261 e. The second-order valence-electron chi connectivity index (χ2n) is 7.93. The monoisotopic (exact) mass is 527 g/mol. The SMILES string of the molecule is O=C(CSc1nnc(-c2cccnc2)n1-c1ccccc1)c1ccc(NS(=O)(=O)c2ccccc2)cc1. The fourth-order valence-corrected chi connectivity index (χ4v) is 5.53. The Morgan fingerprint density at radius 1 is 0.838 bits per heavy atom. The molecule has 0 unspecified atom stereocenters. The molecule has 5 aromatic rings. The van der Waals surface area contributed by atoms with Gasteiger partial charge >= 0.3 is 0 Å². The zero-order valence-corrected chi connectivity index (χ0v) is 21.1. The number of benzene rings is 3. The highest BCUT2D eigenvalue weighted by Crippen LogP contribution is 2.28. The van der Waals surface area contributed by atoms with Gasteiger partial charge in [0.2, 0.25) is 0 Å². The number of para-hydroxylation sites is 1. The summed E-state index contributed by atoms with van der Waals surface area (Å²) in [5, 5.41) is 9.27. The van der Waals surface area contributed by atoms with Crippen molar-refractivity contribution in [1.29, 1.82) is 0 Å². The van der Waals surface area contributed by atoms with E-state index in [2.05, 4.69) is 19.9 Å². The molecule has 3 aromatic carbocycles. The van der Waals surface area contributed by atoms with Crippen molar-refractivity contribution in [2.75, 3.05) is 10.5 Å². The van der Waals surface area contributed by atoms with E-state index in [0.29, 0.717) is 22.2 Å². The van der Waals surface area contributed by atoms with Crippen molar-refractivity contribution < 1.29 is 13.2 Å². The van der Waals surface area contributed by atoms with Gasteiger partial charge in [-0.2, -0.15) is 0 Å². The van der Waals surface area contributed by atoms with Gasteiger partial charge in [-0.3, -0.25) is 19.1 Å². The molecule has 0 aliphatic heterocycles. The van der Waals surface area contributed by atoms with Gasteiger partial charge in [-0.25, -0.2) is 8.42 Å². The number of aromatic nitrogens is 4. The molecule has 0 saturated heterocycles. The van der Waals surface area contributed by atoms with Crippen LogP contribution in [0.5, 0.6) is 0 Å². The van der Waals surface area contributed by atoms with E-state index >= 15 is 0 Å². The predicted molar refractivity (Wildman–Crippen MR) is 143 cm³/mol. The summed E-state index contributed by atoms with van der Waals surface area (Å²) in [5.74, 6) is 0.643. The molecule has 0 radical (unpaired) electrons. The molecule has 0 aliphatic carbocycles. The number of pyridine rings is 1. The second kappa shape index (κ2) is 10.8. The number of Topliss-reactive ketones (excluding diaryl/α,β-unsaturated/α-hetero) is 1. The normalized spacial score (nSPS) is 11.2. The van der Waals surface area contributed by atoms with Crippen molar-refractivity contribution in [1.82, 2.24) is 19.7 Å². The molecule has 0 amide bonds. The first-order valence-electron chi connectivity index (χ1n) is 11.3. The van der Waals surface area contributed by atoms with Crippen molar-refractivity contribution in [3.63, 3.8) is 0 Å². The van der Waals surface area contributed by atoms with Gasteiger partial charge in [0.1, 0.15) is 0 Å². The van der Waals surface area contributed by atoms with E-state index in [0.717, 1.165) is 11.3 Å². The van der Waals surface area contributed by atoms with Gasteiger partial charge < -0.3 is 0 Å². The average Bonchev–Trinajstić information content (AvgIpc) is 3.37. The van der Waals surface area contributed by atoms with Gasteiger partial charge in [0.25, 0.3) is 10.0 Å². The number of hydrogen-bond donors (Lipinski definition) is 1. The van der Waals surface area contributed by atoms with Crippen LogP contribution < -0.4 is 4.72 Å². The molecule has 37 heavy (non-hydrogen) atoms. The third kappa shape index (κ3) is 5.60. The maximum Gasteiger partial charge on any atom is 0.261 e. The summed E-state index contributed by atoms with van der Waals surface area (Å²) in [6.45, 7) is 0. The van der Waals surface area contributed by atoms with Gasteiger partial charge in [0.15, 0.2) is 16.8 Å². The molecule has 2 heterocycles. The number of anilines is 1. The number of ketones is 1. The summed E-state index contributed by atoms with van der Waals surface area (Å²) in [6.07, 6.45) is 3.41. The molecule has 8 nitrogen and oxygen atoms in total. The maximum absolute atomic E-state index is 12.9. The van der Waals surface area contributed by atoms with Crippen LogP contribution in [0, 0.1) is 0 Å². The lowest BCUT2D eigenvalue weighted by Crippen LogP contribution is -2.13. The Balaban J connectivity index is 1.31. The van der Waals surface area contributed by atoms with Crippen LogP contribution >= 0.6 is 11.8 Å². The number of sulfonamides is 1. The van der Waals surface area contributed by atoms with E-state index in [-0.39, 0.29) is 16.4 Å². The molecular weight excluding hydrogens is 506 g/mol. The highest BCUT2D eigenvalue weighted by Gasteiger charge is 2.18. The Kier molecular flexibility index (Phi) is 7.11. The van der Waals surface area contributed by atoms with Gasteiger partial charge in [0, 0.05) is 34.9 Å². The quantitative estimate of drug-likeness (QED) is 0.210. The number of carbonyl (C=O) groups is 1. The zero-order chi connectivity index (χ0) is 25.7. The highest BCUT2D eigenvalue weighted by atomic mass is 32.2. The first kappa shape index (κ1) is 24.4. The summed E-state index contributed by atoms with van der Waals surface area (Å²) in [4.78, 5) is 17.3. The fourth-order valence-electron chi connectivity index (χ4n) is 3.61. The van der Waals surface area contributed by atoms with Crippen molar-refractivity contribution in [2.45, 2.75) is 10.1 Å². The number of rotatable bonds is 9. The minimum Gasteiger partial charge on any atom is -0.293 e. The Labute approximate surface area is 218 Å². The predicted octanol–water partition coefficient (Wildman–Crippen LogP) is 5.11. The molecule has 0 spiro atoms. The molecule has 0 fully saturated rings. The van der Waals surface area contributed by atoms with Crippen LogP contribution in [0.2, 0.25) is 0 Å². The first-order valence-corrected chi connectivity index (χ1v) is 13.7. The largest absolute Gasteiger partial charge is 0.293 e. The highest BCUT2D eigenvalue weighted by molar-refractivity contribution is 7.99. The Bertz CT molecular complexity index is 1610. The lowest BCUT2D eigenvalue weighted by molar-refractivity contribution is 0.102. The van der Waals surface area contributed by atoms with Crippen molar-refractivity contribution in [2.24, 2.45) is 0 Å². The van der Waals surface area contributed by atoms with E-state index in [9.17, 15) is 13.2 Å². The number of carbonyl (C=O) groups excluding carboxylic acids is 1. The van der Waals surface area contributed by atoms with Gasteiger partial charge in [0.05, 0.1) is 10.6 Å². The third-order valence-corrected chi connectivity index (χ3v) is 7.74. The molecule has 1 N–H and O–H groups in total. The van der Waals surface area contributed by atoms with Crippen molar-refractivity contribution >= 4 is 33.3 Å². The van der Waals surface area contributed by atoms with Crippen LogP contribution in [0.4, 0.5) is 5.69 Å². The minimum atomic E-state index is -3.71. The lowest BCUT2D eigenvalue weighted by Gasteiger charge is -2.10. The van der Waals surface area contributed by atoms with E-state index < -0.39 is 10.0 Å². The average molecular weight is 528 g/mol. The Hall–Kier alpha value is -4.28. The lowest BCUT2D eigenvalue weighted by atomic mass is 10.1. The Morgan fingerprint density at radius 3 is 2.22 bits per heavy atom. The summed E-state index contributed by atoms with van der Waals surface area (Å²) in [7, 11) is -3.71. The first-order chi connectivity index (χ1) is 18.0. The molecule has 5 rings (SSSR count). The fraction of sp³-hybridized carbons (Fsp3) is 0.0370. The standard InChI is InChI=1S/C27H21N5O3S2/c33-25(20-13-15-22(16-14-20)31-37(34,35)24-11-5-2-6-12-24)19-36-27-30-29-26(21-8-7-17-28-18-21)32(27)23-9-3-1-4-10-23/h1-18,31H,19H2. The van der Waals surface area contributed by atoms with Crippen LogP contribution in [0.15, 0.2) is 120 Å². The van der Waals surface area contributed by atoms with Crippen LogP contribution in [0.1, 0.15) is 10.4 Å². The Morgan fingerprint density at radius 2 is 1.54 bits per heavy atom. The molecule has 10 heteroatoms. The van der Waals surface area contributed by atoms with E-state index in [1.54, 1.807) is 54.9 Å². The van der Waals surface area contributed by atoms with E-state index in [1.165, 1.54) is 23.9 Å². The molecule has 0 saturated carbocycles. The molecular formula is C27H21N5O3S2. The van der Waals surface area contributed by atoms with Gasteiger partial charge in [-0.1, -0.05) is 48.2 Å². The summed E-state index contributed by atoms with van der Waals surface area (Å²) < 4.78 is 29.5. The van der Waals surface area contributed by atoms with E-state index in [1.807, 2.05) is 47.0 Å². The third-order valence-electron chi connectivity index (χ3n) is 5.41. The van der Waals surface area contributed by atoms with Crippen LogP contribution in [0.25, 0.3) is 17.1 Å². The van der Waals surface area contributed by atoms with Crippen LogP contribution in [-0.2, 0) is 10.0 Å². The van der Waals surface area contributed by atoms with Crippen molar-refractivity contribution in [3.05, 3.63) is 115 Å². The molecule has 2 aromatic heterocycles. The number of nitrogens with one attached hydrogen (secondary N) is 1. The number of thioether (sulfide) groups is 1. The van der Waals surface area contributed by atoms with E-state index in [4.69, 9.17) is 0 Å². The van der Waals surface area contributed by atoms with Crippen molar-refractivity contribution in [3.8, 4) is 17.1 Å². The summed E-state index contributed by atoms with van der Waals surface area (Å²) >= 11 is 1.28. The molecule has 0 atom stereocenters. The minimum absolute atomic E-state index is 0.118. The summed E-state index contributed by atoms with van der Waals surface area (Å²) in [5.41, 5.74) is 2.52. The second-order valence-corrected chi connectivity index (χ2v) is 10.6. The van der Waals surface area contributed by atoms with Crippen LogP contribution in [-0.4, -0.2) is 39.7 Å².